The van der Waals surface area contributed by atoms with Gasteiger partial charge in [0, 0.05) is 19.3 Å². The van der Waals surface area contributed by atoms with Crippen LogP contribution in [0.1, 0.15) is 24.2 Å². The molecule has 92 valence electrons. The molecule has 0 saturated heterocycles. The van der Waals surface area contributed by atoms with Gasteiger partial charge in [-0.25, -0.2) is 4.79 Å². The lowest BCUT2D eigenvalue weighted by atomic mass is 10.0. The van der Waals surface area contributed by atoms with E-state index in [9.17, 15) is 14.4 Å². The fourth-order valence-electron chi connectivity index (χ4n) is 1.13. The highest BCUT2D eigenvalue weighted by molar-refractivity contribution is 5.97. The summed E-state index contributed by atoms with van der Waals surface area (Å²) in [6, 6.07) is 2.57. The maximum Gasteiger partial charge on any atom is 0.329 e. The molecule has 2 N–H and O–H groups in total. The Morgan fingerprint density at radius 2 is 1.94 bits per heavy atom. The van der Waals surface area contributed by atoms with Crippen LogP contribution in [0.4, 0.5) is 0 Å². The van der Waals surface area contributed by atoms with E-state index in [1.165, 1.54) is 39.2 Å². The minimum atomic E-state index is -1.31. The Kier molecular flexibility index (Phi) is 3.36. The summed E-state index contributed by atoms with van der Waals surface area (Å²) >= 11 is 0. The van der Waals surface area contributed by atoms with E-state index in [1.807, 2.05) is 0 Å². The number of aromatic nitrogens is 1. The lowest BCUT2D eigenvalue weighted by Crippen LogP contribution is -2.50. The Labute approximate surface area is 97.9 Å². The Bertz CT molecular complexity index is 484. The fourth-order valence-corrected chi connectivity index (χ4v) is 1.13. The van der Waals surface area contributed by atoms with Crippen molar-refractivity contribution in [3.05, 3.63) is 34.2 Å². The molecule has 0 saturated carbocycles. The minimum Gasteiger partial charge on any atom is -0.480 e. The lowest BCUT2D eigenvalue weighted by molar-refractivity contribution is -0.147. The van der Waals surface area contributed by atoms with Crippen molar-refractivity contribution in [1.82, 2.24) is 9.88 Å². The van der Waals surface area contributed by atoms with E-state index in [1.54, 1.807) is 0 Å². The van der Waals surface area contributed by atoms with E-state index in [4.69, 9.17) is 5.11 Å². The van der Waals surface area contributed by atoms with Crippen molar-refractivity contribution >= 4 is 11.9 Å². The number of aliphatic carboxylic acids is 1. The summed E-state index contributed by atoms with van der Waals surface area (Å²) in [5.74, 6) is -1.56. The van der Waals surface area contributed by atoms with Crippen molar-refractivity contribution in [3.8, 4) is 0 Å². The van der Waals surface area contributed by atoms with Crippen LogP contribution < -0.4 is 5.56 Å². The summed E-state index contributed by atoms with van der Waals surface area (Å²) in [5.41, 5.74) is -1.39. The molecule has 1 amide bonds. The SMILES string of the molecule is CN(C(=O)c1ccc(=O)[nH]c1)C(C)(C)C(=O)O. The monoisotopic (exact) mass is 238 g/mol. The average Bonchev–Trinajstić information content (AvgIpc) is 2.27. The number of carboxylic acid groups (broad SMARTS) is 1. The molecule has 6 nitrogen and oxygen atoms in total. The first-order valence-electron chi connectivity index (χ1n) is 4.97. The highest BCUT2D eigenvalue weighted by Crippen LogP contribution is 2.15. The zero-order chi connectivity index (χ0) is 13.2. The van der Waals surface area contributed by atoms with Gasteiger partial charge in [0.1, 0.15) is 5.54 Å². The molecule has 1 heterocycles. The van der Waals surface area contributed by atoms with E-state index >= 15 is 0 Å². The molecule has 0 aliphatic carbocycles. The molecule has 0 radical (unpaired) electrons. The van der Waals surface area contributed by atoms with Gasteiger partial charge < -0.3 is 15.0 Å². The summed E-state index contributed by atoms with van der Waals surface area (Å²) in [6.07, 6.45) is 1.26. The first-order chi connectivity index (χ1) is 7.76. The van der Waals surface area contributed by atoms with Crippen molar-refractivity contribution < 1.29 is 14.7 Å². The van der Waals surface area contributed by atoms with E-state index in [-0.39, 0.29) is 11.1 Å². The van der Waals surface area contributed by atoms with Crippen molar-refractivity contribution in [2.75, 3.05) is 7.05 Å². The van der Waals surface area contributed by atoms with Crippen molar-refractivity contribution in [3.63, 3.8) is 0 Å². The number of rotatable bonds is 3. The first-order valence-corrected chi connectivity index (χ1v) is 4.97. The molecular weight excluding hydrogens is 224 g/mol. The van der Waals surface area contributed by atoms with Crippen LogP contribution in [-0.4, -0.2) is 39.5 Å². The molecule has 6 heteroatoms. The van der Waals surface area contributed by atoms with E-state index in [0.717, 1.165) is 4.90 Å². The van der Waals surface area contributed by atoms with E-state index in [0.29, 0.717) is 0 Å². The van der Waals surface area contributed by atoms with Gasteiger partial charge in [0.2, 0.25) is 5.56 Å². The van der Waals surface area contributed by atoms with Gasteiger partial charge in [0.25, 0.3) is 5.91 Å². The molecule has 0 aliphatic rings. The number of pyridine rings is 1. The predicted octanol–water partition coefficient (Wildman–Crippen LogP) is 0.310. The smallest absolute Gasteiger partial charge is 0.329 e. The molecule has 1 aromatic heterocycles. The molecule has 0 unspecified atom stereocenters. The Hall–Kier alpha value is -2.11. The maximum atomic E-state index is 11.9. The zero-order valence-corrected chi connectivity index (χ0v) is 9.85. The number of carbonyl (C=O) groups is 2. The van der Waals surface area contributed by atoms with Crippen LogP contribution in [0.15, 0.2) is 23.1 Å². The lowest BCUT2D eigenvalue weighted by Gasteiger charge is -2.31. The zero-order valence-electron chi connectivity index (χ0n) is 9.85. The third-order valence-electron chi connectivity index (χ3n) is 2.70. The molecular formula is C11H14N2O4. The molecule has 0 bridgehead atoms. The number of H-pyrrole nitrogens is 1. The van der Waals surface area contributed by atoms with Crippen molar-refractivity contribution in [2.24, 2.45) is 0 Å². The van der Waals surface area contributed by atoms with Crippen LogP contribution in [0, 0.1) is 0 Å². The quantitative estimate of drug-likeness (QED) is 0.792. The number of carboxylic acids is 1. The fraction of sp³-hybridized carbons (Fsp3) is 0.364. The number of likely N-dealkylation sites (N-methyl/N-ethyl adjacent to an activating group) is 1. The number of hydrogen-bond acceptors (Lipinski definition) is 3. The van der Waals surface area contributed by atoms with Crippen LogP contribution in [0.3, 0.4) is 0 Å². The van der Waals surface area contributed by atoms with Crippen LogP contribution in [-0.2, 0) is 4.79 Å². The van der Waals surface area contributed by atoms with Gasteiger partial charge in [0.05, 0.1) is 5.56 Å². The summed E-state index contributed by atoms with van der Waals surface area (Å²) < 4.78 is 0. The van der Waals surface area contributed by atoms with Gasteiger partial charge in [-0.2, -0.15) is 0 Å². The van der Waals surface area contributed by atoms with Crippen LogP contribution >= 0.6 is 0 Å². The molecule has 0 atom stereocenters. The normalized spacial score (nSPS) is 11.0. The van der Waals surface area contributed by atoms with Gasteiger partial charge in [0.15, 0.2) is 0 Å². The second-order valence-electron chi connectivity index (χ2n) is 4.17. The second kappa shape index (κ2) is 4.40. The molecule has 17 heavy (non-hydrogen) atoms. The number of nitrogens with one attached hydrogen (secondary N) is 1. The average molecular weight is 238 g/mol. The van der Waals surface area contributed by atoms with Gasteiger partial charge in [-0.05, 0) is 19.9 Å². The highest BCUT2D eigenvalue weighted by Gasteiger charge is 2.35. The molecule has 0 aromatic carbocycles. The van der Waals surface area contributed by atoms with Crippen LogP contribution in [0.25, 0.3) is 0 Å². The Balaban J connectivity index is 3.02. The van der Waals surface area contributed by atoms with Gasteiger partial charge in [-0.1, -0.05) is 0 Å². The van der Waals surface area contributed by atoms with Gasteiger partial charge in [-0.3, -0.25) is 9.59 Å². The summed E-state index contributed by atoms with van der Waals surface area (Å²) in [6.45, 7) is 2.86. The summed E-state index contributed by atoms with van der Waals surface area (Å²) in [7, 11) is 1.40. The third-order valence-corrected chi connectivity index (χ3v) is 2.70. The van der Waals surface area contributed by atoms with Crippen molar-refractivity contribution in [2.45, 2.75) is 19.4 Å². The van der Waals surface area contributed by atoms with Gasteiger partial charge in [-0.15, -0.1) is 0 Å². The van der Waals surface area contributed by atoms with E-state index in [2.05, 4.69) is 4.98 Å². The number of carbonyl (C=O) groups excluding carboxylic acids is 1. The second-order valence-corrected chi connectivity index (χ2v) is 4.17. The maximum absolute atomic E-state index is 11.9. The van der Waals surface area contributed by atoms with Crippen molar-refractivity contribution in [1.29, 1.82) is 0 Å². The van der Waals surface area contributed by atoms with E-state index < -0.39 is 17.4 Å². The Morgan fingerprint density at radius 3 is 2.35 bits per heavy atom. The first kappa shape index (κ1) is 13.0. The van der Waals surface area contributed by atoms with Crippen LogP contribution in [0.5, 0.6) is 0 Å². The standard InChI is InChI=1S/C11H14N2O4/c1-11(2,10(16)17)13(3)9(15)7-4-5-8(14)12-6-7/h4-6H,1-3H3,(H,12,14)(H,16,17). The number of aromatic amines is 1. The minimum absolute atomic E-state index is 0.237. The summed E-state index contributed by atoms with van der Waals surface area (Å²) in [4.78, 5) is 37.3. The van der Waals surface area contributed by atoms with Gasteiger partial charge >= 0.3 is 5.97 Å². The number of nitrogens with zero attached hydrogens (tertiary/aromatic N) is 1. The number of amides is 1. The topological polar surface area (TPSA) is 90.5 Å². The molecule has 0 aliphatic heterocycles. The largest absolute Gasteiger partial charge is 0.480 e. The predicted molar refractivity (Wildman–Crippen MR) is 60.9 cm³/mol. The molecule has 1 aromatic rings. The number of hydrogen-bond donors (Lipinski definition) is 2. The van der Waals surface area contributed by atoms with Crippen LogP contribution in [0.2, 0.25) is 0 Å². The highest BCUT2D eigenvalue weighted by atomic mass is 16.4. The third kappa shape index (κ3) is 2.52. The summed E-state index contributed by atoms with van der Waals surface area (Å²) in [5, 5.41) is 9.00. The molecule has 0 spiro atoms. The molecule has 1 rings (SSSR count). The Morgan fingerprint density at radius 1 is 1.35 bits per heavy atom. The molecule has 0 fully saturated rings.